The van der Waals surface area contributed by atoms with Gasteiger partial charge in [-0.05, 0) is 54.0 Å². The van der Waals surface area contributed by atoms with E-state index in [0.717, 1.165) is 35.9 Å². The summed E-state index contributed by atoms with van der Waals surface area (Å²) in [6.07, 6.45) is 4.03. The lowest BCUT2D eigenvalue weighted by Gasteiger charge is -2.26. The van der Waals surface area contributed by atoms with Crippen LogP contribution in [-0.4, -0.2) is 10.7 Å². The highest BCUT2D eigenvalue weighted by Gasteiger charge is 2.20. The van der Waals surface area contributed by atoms with E-state index in [4.69, 9.17) is 11.6 Å². The number of rotatable bonds is 4. The van der Waals surface area contributed by atoms with Crippen LogP contribution in [0.4, 0.5) is 0 Å². The normalized spacial score (nSPS) is 17.5. The number of nitrogens with zero attached hydrogens (tertiary/aromatic N) is 1. The van der Waals surface area contributed by atoms with Gasteiger partial charge >= 0.3 is 0 Å². The fraction of sp³-hybridized carbons (Fsp3) is 0.353. The molecule has 110 valence electrons. The molecule has 0 amide bonds. The smallest absolute Gasteiger partial charge is 0.0573 e. The van der Waals surface area contributed by atoms with E-state index in [9.17, 15) is 0 Å². The van der Waals surface area contributed by atoms with Gasteiger partial charge in [0.25, 0.3) is 0 Å². The van der Waals surface area contributed by atoms with Gasteiger partial charge in [0.1, 0.15) is 0 Å². The number of halogens is 1. The fourth-order valence-electron chi connectivity index (χ4n) is 2.75. The maximum Gasteiger partial charge on any atom is 0.0573 e. The van der Waals surface area contributed by atoms with Crippen molar-refractivity contribution in [2.45, 2.75) is 37.2 Å². The van der Waals surface area contributed by atoms with Gasteiger partial charge in [-0.2, -0.15) is 0 Å². The van der Waals surface area contributed by atoms with Crippen molar-refractivity contribution in [3.05, 3.63) is 58.4 Å². The van der Waals surface area contributed by atoms with Crippen molar-refractivity contribution >= 4 is 23.4 Å². The van der Waals surface area contributed by atoms with E-state index in [0.29, 0.717) is 6.04 Å². The molecule has 2 heterocycles. The third-order valence-corrected chi connectivity index (χ3v) is 5.25. The first kappa shape index (κ1) is 14.9. The summed E-state index contributed by atoms with van der Waals surface area (Å²) in [6, 6.07) is 10.7. The number of nitrogens with one attached hydrogen (secondary N) is 1. The molecule has 0 spiro atoms. The van der Waals surface area contributed by atoms with Crippen molar-refractivity contribution in [2.24, 2.45) is 0 Å². The predicted molar refractivity (Wildman–Crippen MR) is 90.0 cm³/mol. The first-order chi connectivity index (χ1) is 10.3. The van der Waals surface area contributed by atoms with E-state index in [1.54, 1.807) is 0 Å². The molecule has 1 aliphatic rings. The summed E-state index contributed by atoms with van der Waals surface area (Å²) in [5, 5.41) is 4.48. The van der Waals surface area contributed by atoms with E-state index in [1.165, 1.54) is 16.0 Å². The van der Waals surface area contributed by atoms with E-state index >= 15 is 0 Å². The Bertz CT molecular complexity index is 630. The molecule has 1 aliphatic heterocycles. The van der Waals surface area contributed by atoms with E-state index in [2.05, 4.69) is 35.4 Å². The quantitative estimate of drug-likeness (QED) is 0.890. The van der Waals surface area contributed by atoms with Gasteiger partial charge < -0.3 is 5.32 Å². The maximum atomic E-state index is 6.16. The molecule has 1 aromatic carbocycles. The molecule has 1 aromatic heterocycles. The van der Waals surface area contributed by atoms with E-state index in [1.807, 2.05) is 30.1 Å². The van der Waals surface area contributed by atoms with Gasteiger partial charge in [0.15, 0.2) is 0 Å². The highest BCUT2D eigenvalue weighted by Crippen LogP contribution is 2.37. The highest BCUT2D eigenvalue weighted by molar-refractivity contribution is 7.99. The zero-order chi connectivity index (χ0) is 14.7. The highest BCUT2D eigenvalue weighted by atomic mass is 35.5. The number of pyridine rings is 1. The van der Waals surface area contributed by atoms with Crippen LogP contribution in [0.5, 0.6) is 0 Å². The first-order valence-electron chi connectivity index (χ1n) is 7.36. The van der Waals surface area contributed by atoms with Crippen molar-refractivity contribution in [2.75, 3.05) is 5.75 Å². The van der Waals surface area contributed by atoms with Crippen LogP contribution in [0.15, 0.2) is 41.4 Å². The summed E-state index contributed by atoms with van der Waals surface area (Å²) in [4.78, 5) is 5.86. The van der Waals surface area contributed by atoms with Crippen LogP contribution >= 0.6 is 23.4 Å². The Morgan fingerprint density at radius 2 is 2.29 bits per heavy atom. The number of aromatic nitrogens is 1. The second-order valence-corrected chi connectivity index (χ2v) is 6.79. The van der Waals surface area contributed by atoms with Gasteiger partial charge in [0.05, 0.1) is 5.69 Å². The molecule has 0 fully saturated rings. The van der Waals surface area contributed by atoms with Crippen LogP contribution in [0.1, 0.15) is 36.2 Å². The molecule has 0 radical (unpaired) electrons. The van der Waals surface area contributed by atoms with Crippen molar-refractivity contribution < 1.29 is 0 Å². The molecule has 1 unspecified atom stereocenters. The number of fused-ring (bicyclic) bond motifs is 1. The average Bonchev–Trinajstić information content (AvgIpc) is 2.53. The van der Waals surface area contributed by atoms with Crippen molar-refractivity contribution in [3.8, 4) is 0 Å². The average molecular weight is 319 g/mol. The zero-order valence-corrected chi connectivity index (χ0v) is 13.7. The van der Waals surface area contributed by atoms with Crippen LogP contribution in [0.2, 0.25) is 5.02 Å². The number of aryl methyl sites for hydroxylation is 1. The van der Waals surface area contributed by atoms with Crippen molar-refractivity contribution in [1.29, 1.82) is 0 Å². The van der Waals surface area contributed by atoms with Crippen LogP contribution in [0.3, 0.4) is 0 Å². The van der Waals surface area contributed by atoms with Gasteiger partial charge in [0.2, 0.25) is 0 Å². The van der Waals surface area contributed by atoms with Crippen LogP contribution in [0.25, 0.3) is 0 Å². The summed E-state index contributed by atoms with van der Waals surface area (Å²) in [6.45, 7) is 2.98. The maximum absolute atomic E-state index is 6.16. The topological polar surface area (TPSA) is 24.9 Å². The molecular weight excluding hydrogens is 300 g/mol. The van der Waals surface area contributed by atoms with Crippen molar-refractivity contribution in [3.63, 3.8) is 0 Å². The Hall–Kier alpha value is -1.03. The molecule has 4 heteroatoms. The fourth-order valence-corrected chi connectivity index (χ4v) is 4.04. The van der Waals surface area contributed by atoms with E-state index in [-0.39, 0.29) is 0 Å². The Morgan fingerprint density at radius 1 is 1.38 bits per heavy atom. The predicted octanol–water partition coefficient (Wildman–Crippen LogP) is 4.62. The van der Waals surface area contributed by atoms with Gasteiger partial charge in [-0.3, -0.25) is 4.98 Å². The number of thioether (sulfide) groups is 1. The minimum atomic E-state index is 0.367. The molecule has 2 aromatic rings. The van der Waals surface area contributed by atoms with Crippen molar-refractivity contribution in [1.82, 2.24) is 10.3 Å². The monoisotopic (exact) mass is 318 g/mol. The van der Waals surface area contributed by atoms with Gasteiger partial charge in [-0.15, -0.1) is 11.8 Å². The summed E-state index contributed by atoms with van der Waals surface area (Å²) in [5.74, 6) is 1.15. The lowest BCUT2D eigenvalue weighted by atomic mass is 10.0. The molecule has 1 N–H and O–H groups in total. The van der Waals surface area contributed by atoms with E-state index < -0.39 is 0 Å². The molecule has 0 bridgehead atoms. The molecule has 21 heavy (non-hydrogen) atoms. The molecule has 0 saturated heterocycles. The number of benzene rings is 1. The minimum Gasteiger partial charge on any atom is -0.304 e. The van der Waals surface area contributed by atoms with Gasteiger partial charge in [0, 0.05) is 28.7 Å². The van der Waals surface area contributed by atoms with Crippen LogP contribution in [0, 0.1) is 0 Å². The van der Waals surface area contributed by atoms with Gasteiger partial charge in [-0.1, -0.05) is 24.6 Å². The molecule has 3 rings (SSSR count). The Labute approximate surface area is 135 Å². The molecule has 0 saturated carbocycles. The molecule has 2 nitrogen and oxygen atoms in total. The number of hydrogen-bond donors (Lipinski definition) is 1. The largest absolute Gasteiger partial charge is 0.304 e. The Morgan fingerprint density at radius 3 is 3.14 bits per heavy atom. The molecule has 0 aliphatic carbocycles. The van der Waals surface area contributed by atoms with Gasteiger partial charge in [-0.25, -0.2) is 0 Å². The summed E-state index contributed by atoms with van der Waals surface area (Å²) < 4.78 is 0. The third-order valence-electron chi connectivity index (χ3n) is 3.89. The minimum absolute atomic E-state index is 0.367. The standard InChI is InChI=1S/C17H19ClN2S/c1-2-12-4-3-8-19-16(12)11-20-15-7-9-21-17-6-5-13(18)10-14(15)17/h3-6,8,10,15,20H,2,7,9,11H2,1H3. The number of hydrogen-bond acceptors (Lipinski definition) is 3. The van der Waals surface area contributed by atoms with Crippen LogP contribution < -0.4 is 5.32 Å². The second kappa shape index (κ2) is 6.82. The summed E-state index contributed by atoms with van der Waals surface area (Å²) in [5.41, 5.74) is 3.80. The Kier molecular flexibility index (Phi) is 4.84. The summed E-state index contributed by atoms with van der Waals surface area (Å²) >= 11 is 8.07. The third kappa shape index (κ3) is 3.42. The molecule has 1 atom stereocenters. The second-order valence-electron chi connectivity index (χ2n) is 5.22. The lowest BCUT2D eigenvalue weighted by Crippen LogP contribution is -2.25. The molecular formula is C17H19ClN2S. The van der Waals surface area contributed by atoms with Crippen LogP contribution in [-0.2, 0) is 13.0 Å². The SMILES string of the molecule is CCc1cccnc1CNC1CCSc2ccc(Cl)cc21. The zero-order valence-electron chi connectivity index (χ0n) is 12.1. The summed E-state index contributed by atoms with van der Waals surface area (Å²) in [7, 11) is 0. The first-order valence-corrected chi connectivity index (χ1v) is 8.72. The Balaban J connectivity index is 1.76. The lowest BCUT2D eigenvalue weighted by molar-refractivity contribution is 0.504.